The number of carbonyl (C=O) groups is 2. The van der Waals surface area contributed by atoms with E-state index in [9.17, 15) is 19.1 Å². The van der Waals surface area contributed by atoms with Crippen molar-refractivity contribution in [2.75, 3.05) is 0 Å². The maximum atomic E-state index is 14.8. The van der Waals surface area contributed by atoms with Gasteiger partial charge in [-0.25, -0.2) is 9.18 Å². The summed E-state index contributed by atoms with van der Waals surface area (Å²) in [6.07, 6.45) is 0.396. The number of amides is 3. The van der Waals surface area contributed by atoms with Gasteiger partial charge in [0.25, 0.3) is 5.91 Å². The van der Waals surface area contributed by atoms with Crippen molar-refractivity contribution in [3.05, 3.63) is 62.4 Å². The molecule has 1 aliphatic rings. The van der Waals surface area contributed by atoms with Crippen molar-refractivity contribution in [2.24, 2.45) is 0 Å². The number of benzene rings is 2. The molecule has 5 nitrogen and oxygen atoms in total. The second-order valence-electron chi connectivity index (χ2n) is 7.06. The van der Waals surface area contributed by atoms with Crippen LogP contribution in [0.1, 0.15) is 42.0 Å². The van der Waals surface area contributed by atoms with Crippen molar-refractivity contribution < 1.29 is 19.1 Å². The van der Waals surface area contributed by atoms with Gasteiger partial charge < -0.3 is 10.4 Å². The normalized spacial score (nSPS) is 16.4. The van der Waals surface area contributed by atoms with Crippen LogP contribution in [0.4, 0.5) is 9.18 Å². The first-order chi connectivity index (χ1) is 13.2. The lowest BCUT2D eigenvalue weighted by Gasteiger charge is -2.15. The van der Waals surface area contributed by atoms with Crippen molar-refractivity contribution in [1.29, 1.82) is 0 Å². The van der Waals surface area contributed by atoms with Crippen molar-refractivity contribution in [2.45, 2.75) is 38.6 Å². The predicted molar refractivity (Wildman–Crippen MR) is 106 cm³/mol. The molecule has 0 aliphatic carbocycles. The Labute approximate surface area is 171 Å². The van der Waals surface area contributed by atoms with E-state index in [-0.39, 0.29) is 30.1 Å². The fourth-order valence-electron chi connectivity index (χ4n) is 3.28. The van der Waals surface area contributed by atoms with Crippen LogP contribution in [0, 0.1) is 5.82 Å². The van der Waals surface area contributed by atoms with Crippen LogP contribution in [-0.4, -0.2) is 23.1 Å². The van der Waals surface area contributed by atoms with E-state index in [0.717, 1.165) is 0 Å². The molecule has 0 saturated carbocycles. The Kier molecular flexibility index (Phi) is 5.82. The Morgan fingerprint density at radius 2 is 1.82 bits per heavy atom. The van der Waals surface area contributed by atoms with Crippen LogP contribution < -0.4 is 10.6 Å². The molecule has 3 rings (SSSR count). The first-order valence-corrected chi connectivity index (χ1v) is 9.51. The molecule has 1 unspecified atom stereocenters. The largest absolute Gasteiger partial charge is 0.508 e. The van der Waals surface area contributed by atoms with Crippen molar-refractivity contribution >= 4 is 35.1 Å². The highest BCUT2D eigenvalue weighted by Gasteiger charge is 2.29. The van der Waals surface area contributed by atoms with Gasteiger partial charge in [-0.05, 0) is 40.8 Å². The fourth-order valence-corrected chi connectivity index (χ4v) is 3.95. The lowest BCUT2D eigenvalue weighted by Crippen LogP contribution is -2.31. The molecular weight excluding hydrogens is 406 g/mol. The number of phenols is 1. The fraction of sp³-hybridized carbons (Fsp3) is 0.300. The molecule has 2 aromatic carbocycles. The maximum absolute atomic E-state index is 14.8. The molecule has 1 heterocycles. The van der Waals surface area contributed by atoms with Gasteiger partial charge in [0.2, 0.25) is 0 Å². The summed E-state index contributed by atoms with van der Waals surface area (Å²) in [5, 5.41) is 15.3. The van der Waals surface area contributed by atoms with E-state index in [0.29, 0.717) is 26.7 Å². The third-order valence-electron chi connectivity index (χ3n) is 4.68. The van der Waals surface area contributed by atoms with E-state index in [4.69, 9.17) is 23.2 Å². The zero-order valence-corrected chi connectivity index (χ0v) is 16.8. The van der Waals surface area contributed by atoms with Gasteiger partial charge in [0.05, 0.1) is 0 Å². The summed E-state index contributed by atoms with van der Waals surface area (Å²) < 4.78 is 14.8. The molecule has 0 spiro atoms. The minimum absolute atomic E-state index is 0.0827. The second kappa shape index (κ2) is 7.97. The quantitative estimate of drug-likeness (QED) is 0.625. The van der Waals surface area contributed by atoms with Crippen LogP contribution in [0.25, 0.3) is 0 Å². The molecule has 148 valence electrons. The number of halogens is 3. The van der Waals surface area contributed by atoms with Gasteiger partial charge in [0.1, 0.15) is 17.6 Å². The molecule has 0 bridgehead atoms. The summed E-state index contributed by atoms with van der Waals surface area (Å²) in [5.41, 5.74) is 1.85. The van der Waals surface area contributed by atoms with Crippen LogP contribution in [0.5, 0.6) is 5.75 Å². The van der Waals surface area contributed by atoms with E-state index in [1.807, 2.05) is 0 Å². The third-order valence-corrected chi connectivity index (χ3v) is 5.35. The molecule has 28 heavy (non-hydrogen) atoms. The molecule has 3 N–H and O–H groups in total. The number of hydrogen-bond acceptors (Lipinski definition) is 3. The van der Waals surface area contributed by atoms with Crippen LogP contribution >= 0.6 is 23.2 Å². The van der Waals surface area contributed by atoms with Crippen LogP contribution in [0.15, 0.2) is 24.3 Å². The zero-order chi connectivity index (χ0) is 20.6. The molecule has 1 aliphatic heterocycles. The highest BCUT2D eigenvalue weighted by molar-refractivity contribution is 6.36. The van der Waals surface area contributed by atoms with Crippen LogP contribution in [0.3, 0.4) is 0 Å². The molecule has 0 radical (unpaired) electrons. The first-order valence-electron chi connectivity index (χ1n) is 8.75. The summed E-state index contributed by atoms with van der Waals surface area (Å²) >= 11 is 12.8. The van der Waals surface area contributed by atoms with Crippen LogP contribution in [-0.2, 0) is 17.6 Å². The smallest absolute Gasteiger partial charge is 0.322 e. The Bertz CT molecular complexity index is 940. The third kappa shape index (κ3) is 4.08. The minimum Gasteiger partial charge on any atom is -0.508 e. The lowest BCUT2D eigenvalue weighted by molar-refractivity contribution is -0.120. The minimum atomic E-state index is -0.686. The molecule has 1 fully saturated rings. The molecule has 8 heteroatoms. The standard InChI is InChI=1S/C20H19Cl2FN2O3/c1-9(2)17-16(26)4-3-11(18(17)23)8-12-13(21)5-10(6-14(12)22)7-15-19(27)25-20(28)24-15/h3-6,9,15,26H,7-8H2,1-2H3,(H2,24,25,27,28). The van der Waals surface area contributed by atoms with E-state index in [1.54, 1.807) is 26.0 Å². The van der Waals surface area contributed by atoms with E-state index >= 15 is 0 Å². The van der Waals surface area contributed by atoms with Gasteiger partial charge >= 0.3 is 6.03 Å². The summed E-state index contributed by atoms with van der Waals surface area (Å²) in [4.78, 5) is 22.9. The molecule has 0 aromatic heterocycles. The molecule has 1 atom stereocenters. The average Bonchev–Trinajstić information content (AvgIpc) is 2.89. The summed E-state index contributed by atoms with van der Waals surface area (Å²) in [6.45, 7) is 3.60. The lowest BCUT2D eigenvalue weighted by atomic mass is 9.94. The van der Waals surface area contributed by atoms with Gasteiger partial charge in [0.15, 0.2) is 0 Å². The number of imide groups is 1. The summed E-state index contributed by atoms with van der Waals surface area (Å²) in [7, 11) is 0. The highest BCUT2D eigenvalue weighted by atomic mass is 35.5. The average molecular weight is 425 g/mol. The monoisotopic (exact) mass is 424 g/mol. The van der Waals surface area contributed by atoms with Gasteiger partial charge in [-0.3, -0.25) is 10.1 Å². The Balaban J connectivity index is 1.87. The van der Waals surface area contributed by atoms with Gasteiger partial charge in [-0.2, -0.15) is 0 Å². The summed E-state index contributed by atoms with van der Waals surface area (Å²) in [6, 6.07) is 5.06. The van der Waals surface area contributed by atoms with Crippen molar-refractivity contribution in [1.82, 2.24) is 10.6 Å². The van der Waals surface area contributed by atoms with Crippen LogP contribution in [0.2, 0.25) is 10.0 Å². The number of carbonyl (C=O) groups excluding carboxylic acids is 2. The molecular formula is C20H19Cl2FN2O3. The second-order valence-corrected chi connectivity index (χ2v) is 7.87. The van der Waals surface area contributed by atoms with Crippen molar-refractivity contribution in [3.8, 4) is 5.75 Å². The summed E-state index contributed by atoms with van der Waals surface area (Å²) in [5.74, 6) is -1.15. The zero-order valence-electron chi connectivity index (χ0n) is 15.3. The predicted octanol–water partition coefficient (Wildman–Crippen LogP) is 4.30. The number of aromatic hydroxyl groups is 1. The van der Waals surface area contributed by atoms with Crippen molar-refractivity contribution in [3.63, 3.8) is 0 Å². The number of urea groups is 1. The van der Waals surface area contributed by atoms with E-state index < -0.39 is 23.8 Å². The Morgan fingerprint density at radius 3 is 2.36 bits per heavy atom. The number of rotatable bonds is 5. The van der Waals surface area contributed by atoms with E-state index in [2.05, 4.69) is 10.6 Å². The highest BCUT2D eigenvalue weighted by Crippen LogP contribution is 2.34. The Morgan fingerprint density at radius 1 is 1.18 bits per heavy atom. The van der Waals surface area contributed by atoms with E-state index in [1.165, 1.54) is 12.1 Å². The van der Waals surface area contributed by atoms with Gasteiger partial charge in [0, 0.05) is 28.5 Å². The topological polar surface area (TPSA) is 78.4 Å². The molecule has 3 amide bonds. The maximum Gasteiger partial charge on any atom is 0.322 e. The number of hydrogen-bond donors (Lipinski definition) is 3. The Hall–Kier alpha value is -2.31. The first kappa shape index (κ1) is 20.4. The SMILES string of the molecule is CC(C)c1c(O)ccc(Cc2c(Cl)cc(CC3NC(=O)NC3=O)cc2Cl)c1F. The molecule has 2 aromatic rings. The molecule has 1 saturated heterocycles. The van der Waals surface area contributed by atoms with Gasteiger partial charge in [-0.15, -0.1) is 0 Å². The van der Waals surface area contributed by atoms with Gasteiger partial charge in [-0.1, -0.05) is 43.1 Å². The number of nitrogens with one attached hydrogen (secondary N) is 2. The number of phenolic OH excluding ortho intramolecular Hbond substituents is 1.